The van der Waals surface area contributed by atoms with E-state index >= 15 is 0 Å². The number of fused-ring (bicyclic) bond motifs is 3. The lowest BCUT2D eigenvalue weighted by atomic mass is 10.1. The predicted octanol–water partition coefficient (Wildman–Crippen LogP) is 2.12. The average Bonchev–Trinajstić information content (AvgIpc) is 2.42. The van der Waals surface area contributed by atoms with Crippen LogP contribution in [0.5, 0.6) is 0 Å². The normalized spacial score (nSPS) is 16.6. The summed E-state index contributed by atoms with van der Waals surface area (Å²) < 4.78 is 5.83. The van der Waals surface area contributed by atoms with Crippen molar-refractivity contribution in [2.45, 2.75) is 12.8 Å². The van der Waals surface area contributed by atoms with Gasteiger partial charge in [-0.1, -0.05) is 18.2 Å². The Labute approximate surface area is 82.9 Å². The third kappa shape index (κ3) is 1.15. The van der Waals surface area contributed by atoms with Crippen LogP contribution in [0.2, 0.25) is 0 Å². The van der Waals surface area contributed by atoms with Gasteiger partial charge in [-0.2, -0.15) is 0 Å². The number of para-hydroxylation sites is 1. The molecule has 0 radical (unpaired) electrons. The van der Waals surface area contributed by atoms with Crippen molar-refractivity contribution in [1.82, 2.24) is 5.32 Å². The zero-order chi connectivity index (χ0) is 9.38. The van der Waals surface area contributed by atoms with Gasteiger partial charge in [0.25, 0.3) is 0 Å². The minimum Gasteiger partial charge on any atom is -0.461 e. The third-order valence-electron chi connectivity index (χ3n) is 2.86. The van der Waals surface area contributed by atoms with Gasteiger partial charge in [0, 0.05) is 23.9 Å². The highest BCUT2D eigenvalue weighted by Crippen LogP contribution is 2.27. The molecule has 0 atom stereocenters. The molecule has 0 spiro atoms. The fraction of sp³-hybridized carbons (Fsp3) is 0.333. The molecule has 14 heavy (non-hydrogen) atoms. The first-order chi connectivity index (χ1) is 6.95. The number of hydrogen-bond acceptors (Lipinski definition) is 2. The molecular formula is C12H13NO. The molecule has 0 bridgehead atoms. The van der Waals surface area contributed by atoms with Crippen LogP contribution in [0.15, 0.2) is 28.7 Å². The van der Waals surface area contributed by atoms with Crippen LogP contribution in [0.25, 0.3) is 11.0 Å². The molecule has 0 saturated heterocycles. The van der Waals surface area contributed by atoms with Gasteiger partial charge in [0.2, 0.25) is 0 Å². The van der Waals surface area contributed by atoms with E-state index in [1.807, 2.05) is 6.07 Å². The molecule has 0 unspecified atom stereocenters. The number of hydrogen-bond donors (Lipinski definition) is 1. The van der Waals surface area contributed by atoms with Crippen LogP contribution in [-0.4, -0.2) is 13.1 Å². The Hall–Kier alpha value is -1.28. The first-order valence-corrected chi connectivity index (χ1v) is 5.15. The number of rotatable bonds is 0. The van der Waals surface area contributed by atoms with Crippen molar-refractivity contribution in [2.24, 2.45) is 0 Å². The maximum atomic E-state index is 5.83. The van der Waals surface area contributed by atoms with E-state index in [0.717, 1.165) is 31.5 Å². The van der Waals surface area contributed by atoms with Crippen molar-refractivity contribution < 1.29 is 4.42 Å². The van der Waals surface area contributed by atoms with E-state index < -0.39 is 0 Å². The Balaban J connectivity index is 2.24. The maximum absolute atomic E-state index is 5.83. The summed E-state index contributed by atoms with van der Waals surface area (Å²) in [6.45, 7) is 2.10. The monoisotopic (exact) mass is 187 g/mol. The lowest BCUT2D eigenvalue weighted by molar-refractivity contribution is 0.542. The van der Waals surface area contributed by atoms with E-state index in [-0.39, 0.29) is 0 Å². The lowest BCUT2D eigenvalue weighted by Crippen LogP contribution is -2.16. The summed E-state index contributed by atoms with van der Waals surface area (Å²) in [5.41, 5.74) is 2.45. The highest BCUT2D eigenvalue weighted by Gasteiger charge is 2.15. The van der Waals surface area contributed by atoms with Crippen LogP contribution in [0.1, 0.15) is 11.3 Å². The van der Waals surface area contributed by atoms with Crippen molar-refractivity contribution >= 4 is 11.0 Å². The second-order valence-corrected chi connectivity index (χ2v) is 3.75. The quantitative estimate of drug-likeness (QED) is 0.683. The van der Waals surface area contributed by atoms with Crippen molar-refractivity contribution in [1.29, 1.82) is 0 Å². The van der Waals surface area contributed by atoms with Gasteiger partial charge in [-0.05, 0) is 19.0 Å². The van der Waals surface area contributed by atoms with Crippen LogP contribution in [-0.2, 0) is 12.8 Å². The minimum absolute atomic E-state index is 1.02. The molecule has 2 aromatic rings. The van der Waals surface area contributed by atoms with Gasteiger partial charge in [0.15, 0.2) is 0 Å². The fourth-order valence-corrected chi connectivity index (χ4v) is 2.17. The summed E-state index contributed by atoms with van der Waals surface area (Å²) in [6.07, 6.45) is 2.11. The van der Waals surface area contributed by atoms with Gasteiger partial charge in [-0.3, -0.25) is 0 Å². The van der Waals surface area contributed by atoms with Gasteiger partial charge >= 0.3 is 0 Å². The molecule has 1 aromatic heterocycles. The zero-order valence-corrected chi connectivity index (χ0v) is 8.05. The smallest absolute Gasteiger partial charge is 0.134 e. The number of benzene rings is 1. The molecule has 1 aromatic carbocycles. The van der Waals surface area contributed by atoms with Crippen molar-refractivity contribution in [3.63, 3.8) is 0 Å². The molecule has 1 aliphatic rings. The lowest BCUT2D eigenvalue weighted by Gasteiger charge is -1.95. The van der Waals surface area contributed by atoms with E-state index in [1.165, 1.54) is 16.7 Å². The Morgan fingerprint density at radius 1 is 1.07 bits per heavy atom. The SMILES string of the molecule is c1ccc2c3c(oc2c1)CCNCC3. The zero-order valence-electron chi connectivity index (χ0n) is 8.05. The summed E-state index contributed by atoms with van der Waals surface area (Å²) in [4.78, 5) is 0. The highest BCUT2D eigenvalue weighted by atomic mass is 16.3. The topological polar surface area (TPSA) is 25.2 Å². The molecular weight excluding hydrogens is 174 g/mol. The van der Waals surface area contributed by atoms with E-state index in [2.05, 4.69) is 23.5 Å². The van der Waals surface area contributed by atoms with Crippen LogP contribution in [0.4, 0.5) is 0 Å². The van der Waals surface area contributed by atoms with Crippen molar-refractivity contribution in [3.8, 4) is 0 Å². The standard InChI is InChI=1S/C12H13NO/c1-2-4-11-9(3-1)10-5-7-13-8-6-12(10)14-11/h1-4,13H,5-8H2. The van der Waals surface area contributed by atoms with E-state index in [0.29, 0.717) is 0 Å². The van der Waals surface area contributed by atoms with E-state index in [1.54, 1.807) is 0 Å². The first kappa shape index (κ1) is 8.06. The summed E-state index contributed by atoms with van der Waals surface area (Å²) in [7, 11) is 0. The summed E-state index contributed by atoms with van der Waals surface area (Å²) in [5.74, 6) is 1.18. The minimum atomic E-state index is 1.02. The average molecular weight is 187 g/mol. The highest BCUT2D eigenvalue weighted by molar-refractivity contribution is 5.82. The third-order valence-corrected chi connectivity index (χ3v) is 2.86. The molecule has 1 aliphatic heterocycles. The largest absolute Gasteiger partial charge is 0.461 e. The molecule has 2 heterocycles. The van der Waals surface area contributed by atoms with Crippen LogP contribution in [0, 0.1) is 0 Å². The Morgan fingerprint density at radius 3 is 2.93 bits per heavy atom. The molecule has 2 nitrogen and oxygen atoms in total. The molecule has 3 rings (SSSR count). The molecule has 0 aliphatic carbocycles. The van der Waals surface area contributed by atoms with Gasteiger partial charge in [-0.15, -0.1) is 0 Å². The van der Waals surface area contributed by atoms with E-state index in [4.69, 9.17) is 4.42 Å². The second-order valence-electron chi connectivity index (χ2n) is 3.75. The van der Waals surface area contributed by atoms with E-state index in [9.17, 15) is 0 Å². The van der Waals surface area contributed by atoms with Crippen LogP contribution < -0.4 is 5.32 Å². The van der Waals surface area contributed by atoms with Gasteiger partial charge in [0.05, 0.1) is 0 Å². The number of furan rings is 1. The van der Waals surface area contributed by atoms with Gasteiger partial charge in [0.1, 0.15) is 11.3 Å². The Morgan fingerprint density at radius 2 is 1.93 bits per heavy atom. The Kier molecular flexibility index (Phi) is 1.81. The first-order valence-electron chi connectivity index (χ1n) is 5.15. The van der Waals surface area contributed by atoms with Crippen LogP contribution in [0.3, 0.4) is 0 Å². The van der Waals surface area contributed by atoms with Crippen molar-refractivity contribution in [3.05, 3.63) is 35.6 Å². The summed E-state index contributed by atoms with van der Waals surface area (Å²) >= 11 is 0. The molecule has 0 fully saturated rings. The second kappa shape index (κ2) is 3.14. The molecule has 0 saturated carbocycles. The van der Waals surface area contributed by atoms with Crippen molar-refractivity contribution in [2.75, 3.05) is 13.1 Å². The van der Waals surface area contributed by atoms with Gasteiger partial charge in [-0.25, -0.2) is 0 Å². The summed E-state index contributed by atoms with van der Waals surface area (Å²) in [5, 5.41) is 4.68. The predicted molar refractivity (Wildman–Crippen MR) is 56.5 cm³/mol. The maximum Gasteiger partial charge on any atom is 0.134 e. The summed E-state index contributed by atoms with van der Waals surface area (Å²) in [6, 6.07) is 8.32. The fourth-order valence-electron chi connectivity index (χ4n) is 2.17. The Bertz CT molecular complexity index is 458. The number of nitrogens with one attached hydrogen (secondary N) is 1. The molecule has 0 amide bonds. The van der Waals surface area contributed by atoms with Gasteiger partial charge < -0.3 is 9.73 Å². The van der Waals surface area contributed by atoms with Crippen LogP contribution >= 0.6 is 0 Å². The molecule has 72 valence electrons. The molecule has 1 N–H and O–H groups in total. The molecule has 2 heteroatoms.